The molecule has 0 saturated carbocycles. The van der Waals surface area contributed by atoms with Crippen molar-refractivity contribution in [1.82, 2.24) is 9.88 Å². The van der Waals surface area contributed by atoms with E-state index in [1.807, 2.05) is 11.8 Å². The van der Waals surface area contributed by atoms with Crippen LogP contribution in [0.25, 0.3) is 10.9 Å². The third kappa shape index (κ3) is 3.09. The van der Waals surface area contributed by atoms with Crippen molar-refractivity contribution in [3.8, 4) is 0 Å². The lowest BCUT2D eigenvalue weighted by Crippen LogP contribution is -2.11. The van der Waals surface area contributed by atoms with Gasteiger partial charge in [0.15, 0.2) is 0 Å². The van der Waals surface area contributed by atoms with E-state index < -0.39 is 0 Å². The van der Waals surface area contributed by atoms with Gasteiger partial charge in [0.1, 0.15) is 0 Å². The summed E-state index contributed by atoms with van der Waals surface area (Å²) in [6.07, 6.45) is 2.31. The van der Waals surface area contributed by atoms with Crippen LogP contribution in [0.4, 0.5) is 0 Å². The van der Waals surface area contributed by atoms with Gasteiger partial charge in [-0.05, 0) is 23.9 Å². The Bertz CT molecular complexity index is 490. The number of para-hydroxylation sites is 1. The molecule has 0 aliphatic heterocycles. The van der Waals surface area contributed by atoms with Gasteiger partial charge in [-0.1, -0.05) is 32.0 Å². The van der Waals surface area contributed by atoms with Gasteiger partial charge in [-0.25, -0.2) is 0 Å². The number of hydrogen-bond acceptors (Lipinski definition) is 2. The van der Waals surface area contributed by atoms with Gasteiger partial charge >= 0.3 is 0 Å². The summed E-state index contributed by atoms with van der Waals surface area (Å²) >= 11 is 2.00. The molecule has 0 aliphatic rings. The zero-order valence-electron chi connectivity index (χ0n) is 11.3. The molecule has 0 spiro atoms. The van der Waals surface area contributed by atoms with Crippen molar-refractivity contribution in [2.24, 2.45) is 0 Å². The van der Waals surface area contributed by atoms with Gasteiger partial charge in [-0.3, -0.25) is 0 Å². The Hall–Kier alpha value is -0.930. The number of benzene rings is 1. The Balaban J connectivity index is 2.23. The molecule has 0 fully saturated rings. The molecule has 98 valence electrons. The van der Waals surface area contributed by atoms with Crippen LogP contribution in [-0.2, 0) is 13.1 Å². The summed E-state index contributed by atoms with van der Waals surface area (Å²) in [6.45, 7) is 7.45. The average Bonchev–Trinajstić information content (AvgIpc) is 2.76. The van der Waals surface area contributed by atoms with Crippen molar-refractivity contribution in [2.75, 3.05) is 18.1 Å². The fraction of sp³-hybridized carbons (Fsp3) is 0.467. The Morgan fingerprint density at radius 2 is 2.06 bits per heavy atom. The predicted octanol–water partition coefficient (Wildman–Crippen LogP) is 3.50. The average molecular weight is 262 g/mol. The van der Waals surface area contributed by atoms with Gasteiger partial charge in [0.05, 0.1) is 0 Å². The molecule has 0 aliphatic carbocycles. The molecule has 2 aromatic rings. The maximum absolute atomic E-state index is 3.42. The Labute approximate surface area is 114 Å². The molecule has 0 atom stereocenters. The zero-order chi connectivity index (χ0) is 12.8. The van der Waals surface area contributed by atoms with Crippen molar-refractivity contribution < 1.29 is 0 Å². The van der Waals surface area contributed by atoms with E-state index in [-0.39, 0.29) is 0 Å². The summed E-state index contributed by atoms with van der Waals surface area (Å²) in [5, 5.41) is 4.81. The highest BCUT2D eigenvalue weighted by Crippen LogP contribution is 2.21. The van der Waals surface area contributed by atoms with E-state index in [9.17, 15) is 0 Å². The highest BCUT2D eigenvalue weighted by molar-refractivity contribution is 7.99. The minimum absolute atomic E-state index is 0.963. The van der Waals surface area contributed by atoms with Crippen LogP contribution in [0.5, 0.6) is 0 Å². The number of nitrogens with one attached hydrogen (secondary N) is 1. The first-order valence-electron chi connectivity index (χ1n) is 6.72. The quantitative estimate of drug-likeness (QED) is 0.769. The first kappa shape index (κ1) is 13.5. The highest BCUT2D eigenvalue weighted by atomic mass is 32.2. The number of nitrogens with zero attached hydrogens (tertiary/aromatic N) is 1. The van der Waals surface area contributed by atoms with Crippen LogP contribution in [0, 0.1) is 0 Å². The number of aromatic nitrogens is 1. The molecule has 2 nitrogen and oxygen atoms in total. The smallest absolute Gasteiger partial charge is 0.0483 e. The number of fused-ring (bicyclic) bond motifs is 1. The molecule has 18 heavy (non-hydrogen) atoms. The highest BCUT2D eigenvalue weighted by Gasteiger charge is 2.06. The normalized spacial score (nSPS) is 11.2. The predicted molar refractivity (Wildman–Crippen MR) is 82.3 cm³/mol. The van der Waals surface area contributed by atoms with E-state index in [2.05, 4.69) is 54.2 Å². The van der Waals surface area contributed by atoms with E-state index >= 15 is 0 Å². The van der Waals surface area contributed by atoms with Crippen molar-refractivity contribution in [3.63, 3.8) is 0 Å². The number of rotatable bonds is 7. The van der Waals surface area contributed by atoms with Crippen LogP contribution in [0.3, 0.4) is 0 Å². The molecule has 1 aromatic heterocycles. The lowest BCUT2D eigenvalue weighted by Gasteiger charge is -2.03. The third-order valence-corrected chi connectivity index (χ3v) is 4.00. The van der Waals surface area contributed by atoms with E-state index in [0.717, 1.165) is 19.6 Å². The first-order chi connectivity index (χ1) is 8.86. The lowest BCUT2D eigenvalue weighted by atomic mass is 10.2. The summed E-state index contributed by atoms with van der Waals surface area (Å²) in [4.78, 5) is 0. The SMILES string of the molecule is CCNCc1cn(CCSCC)c2ccccc12. The second kappa shape index (κ2) is 6.86. The van der Waals surface area contributed by atoms with Crippen molar-refractivity contribution in [2.45, 2.75) is 26.9 Å². The van der Waals surface area contributed by atoms with Crippen LogP contribution in [0.1, 0.15) is 19.4 Å². The molecule has 3 heteroatoms. The molecule has 0 bridgehead atoms. The Morgan fingerprint density at radius 1 is 1.22 bits per heavy atom. The molecule has 1 N–H and O–H groups in total. The Kier molecular flexibility index (Phi) is 5.14. The molecule has 0 amide bonds. The topological polar surface area (TPSA) is 17.0 Å². The minimum Gasteiger partial charge on any atom is -0.346 e. The zero-order valence-corrected chi connectivity index (χ0v) is 12.1. The van der Waals surface area contributed by atoms with Crippen LogP contribution in [0.15, 0.2) is 30.5 Å². The third-order valence-electron chi connectivity index (χ3n) is 3.12. The largest absolute Gasteiger partial charge is 0.346 e. The van der Waals surface area contributed by atoms with Crippen molar-refractivity contribution in [1.29, 1.82) is 0 Å². The van der Waals surface area contributed by atoms with E-state index in [4.69, 9.17) is 0 Å². The van der Waals surface area contributed by atoms with Gasteiger partial charge in [-0.2, -0.15) is 11.8 Å². The minimum atomic E-state index is 0.963. The van der Waals surface area contributed by atoms with Gasteiger partial charge < -0.3 is 9.88 Å². The number of aryl methyl sites for hydroxylation is 1. The van der Waals surface area contributed by atoms with E-state index in [1.54, 1.807) is 0 Å². The summed E-state index contributed by atoms with van der Waals surface area (Å²) in [6, 6.07) is 8.71. The molecular weight excluding hydrogens is 240 g/mol. The Morgan fingerprint density at radius 3 is 2.83 bits per heavy atom. The van der Waals surface area contributed by atoms with Gasteiger partial charge in [0.2, 0.25) is 0 Å². The molecule has 1 heterocycles. The molecular formula is C15H22N2S. The van der Waals surface area contributed by atoms with Crippen LogP contribution in [-0.4, -0.2) is 22.6 Å². The molecule has 0 saturated heterocycles. The second-order valence-electron chi connectivity index (χ2n) is 4.34. The van der Waals surface area contributed by atoms with E-state index in [0.29, 0.717) is 0 Å². The van der Waals surface area contributed by atoms with Gasteiger partial charge in [0, 0.05) is 35.9 Å². The molecule has 1 aromatic carbocycles. The fourth-order valence-electron chi connectivity index (χ4n) is 2.22. The summed E-state index contributed by atoms with van der Waals surface area (Å²) in [7, 11) is 0. The number of hydrogen-bond donors (Lipinski definition) is 1. The summed E-state index contributed by atoms with van der Waals surface area (Å²) in [5.74, 6) is 2.39. The van der Waals surface area contributed by atoms with Crippen LogP contribution < -0.4 is 5.32 Å². The number of thioether (sulfide) groups is 1. The standard InChI is InChI=1S/C15H22N2S/c1-3-16-11-13-12-17(9-10-18-4-2)15-8-6-5-7-14(13)15/h5-8,12,16H,3-4,9-11H2,1-2H3. The lowest BCUT2D eigenvalue weighted by molar-refractivity contribution is 0.722. The van der Waals surface area contributed by atoms with Gasteiger partial charge in [0.25, 0.3) is 0 Å². The van der Waals surface area contributed by atoms with Crippen molar-refractivity contribution in [3.05, 3.63) is 36.0 Å². The van der Waals surface area contributed by atoms with Crippen LogP contribution in [0.2, 0.25) is 0 Å². The van der Waals surface area contributed by atoms with E-state index in [1.165, 1.54) is 28.0 Å². The van der Waals surface area contributed by atoms with Crippen molar-refractivity contribution >= 4 is 22.7 Å². The maximum atomic E-state index is 3.42. The monoisotopic (exact) mass is 262 g/mol. The maximum Gasteiger partial charge on any atom is 0.0483 e. The fourth-order valence-corrected chi connectivity index (χ4v) is 2.83. The molecule has 0 radical (unpaired) electrons. The second-order valence-corrected chi connectivity index (χ2v) is 5.74. The summed E-state index contributed by atoms with van der Waals surface area (Å²) < 4.78 is 2.39. The first-order valence-corrected chi connectivity index (χ1v) is 7.87. The van der Waals surface area contributed by atoms with Crippen LogP contribution >= 0.6 is 11.8 Å². The summed E-state index contributed by atoms with van der Waals surface area (Å²) in [5.41, 5.74) is 2.77. The molecule has 2 rings (SSSR count). The van der Waals surface area contributed by atoms with Gasteiger partial charge in [-0.15, -0.1) is 0 Å². The molecule has 0 unspecified atom stereocenters.